The lowest BCUT2D eigenvalue weighted by Gasteiger charge is -2.12. The van der Waals surface area contributed by atoms with Gasteiger partial charge in [0.15, 0.2) is 5.78 Å². The molecular formula is C15H22O3. The van der Waals surface area contributed by atoms with Crippen molar-refractivity contribution in [1.29, 1.82) is 0 Å². The van der Waals surface area contributed by atoms with Crippen LogP contribution in [0.25, 0.3) is 6.08 Å². The number of benzene rings is 1. The van der Waals surface area contributed by atoms with Crippen molar-refractivity contribution in [3.05, 3.63) is 42.0 Å². The molecular weight excluding hydrogens is 228 g/mol. The molecule has 0 saturated heterocycles. The van der Waals surface area contributed by atoms with Gasteiger partial charge in [-0.1, -0.05) is 57.2 Å². The Labute approximate surface area is 109 Å². The Morgan fingerprint density at radius 1 is 1.11 bits per heavy atom. The first-order valence-corrected chi connectivity index (χ1v) is 5.51. The number of hydrogen-bond donors (Lipinski definition) is 1. The van der Waals surface area contributed by atoms with E-state index in [4.69, 9.17) is 9.90 Å². The van der Waals surface area contributed by atoms with Crippen LogP contribution in [0.4, 0.5) is 0 Å². The van der Waals surface area contributed by atoms with Crippen LogP contribution < -0.4 is 0 Å². The van der Waals surface area contributed by atoms with E-state index in [1.165, 1.54) is 0 Å². The van der Waals surface area contributed by atoms with Crippen LogP contribution in [0.2, 0.25) is 0 Å². The number of allylic oxidation sites excluding steroid dienone is 1. The van der Waals surface area contributed by atoms with Gasteiger partial charge in [-0.05, 0) is 11.6 Å². The fraction of sp³-hybridized carbons (Fsp3) is 0.333. The van der Waals surface area contributed by atoms with Crippen molar-refractivity contribution >= 4 is 18.6 Å². The van der Waals surface area contributed by atoms with E-state index in [1.54, 1.807) is 6.08 Å². The maximum Gasteiger partial charge on any atom is 0.161 e. The van der Waals surface area contributed by atoms with Crippen LogP contribution >= 0.6 is 0 Å². The van der Waals surface area contributed by atoms with Crippen LogP contribution in [0.3, 0.4) is 0 Å². The molecule has 0 spiro atoms. The number of aliphatic hydroxyl groups excluding tert-OH is 1. The third-order valence-electron chi connectivity index (χ3n) is 1.97. The molecule has 0 bridgehead atoms. The SMILES string of the molecule is C=O.CC(C)(C)C(=O)C=Cc1ccccc1.CO. The summed E-state index contributed by atoms with van der Waals surface area (Å²) in [5, 5.41) is 7.00. The highest BCUT2D eigenvalue weighted by Gasteiger charge is 2.17. The van der Waals surface area contributed by atoms with Gasteiger partial charge < -0.3 is 9.90 Å². The van der Waals surface area contributed by atoms with Crippen LogP contribution in [0.15, 0.2) is 36.4 Å². The lowest BCUT2D eigenvalue weighted by Crippen LogP contribution is -2.17. The van der Waals surface area contributed by atoms with Gasteiger partial charge in [-0.15, -0.1) is 0 Å². The van der Waals surface area contributed by atoms with E-state index in [0.29, 0.717) is 0 Å². The second-order valence-electron chi connectivity index (χ2n) is 4.36. The number of carbonyl (C=O) groups is 2. The average Bonchev–Trinajstić information content (AvgIpc) is 2.40. The third kappa shape index (κ3) is 8.42. The van der Waals surface area contributed by atoms with Gasteiger partial charge in [-0.25, -0.2) is 0 Å². The van der Waals surface area contributed by atoms with Crippen LogP contribution in [-0.4, -0.2) is 24.8 Å². The first-order valence-electron chi connectivity index (χ1n) is 5.51. The summed E-state index contributed by atoms with van der Waals surface area (Å²) < 4.78 is 0. The molecule has 1 N–H and O–H groups in total. The Morgan fingerprint density at radius 3 is 1.94 bits per heavy atom. The van der Waals surface area contributed by atoms with Crippen molar-refractivity contribution in [3.63, 3.8) is 0 Å². The summed E-state index contributed by atoms with van der Waals surface area (Å²) in [6.07, 6.45) is 3.50. The van der Waals surface area contributed by atoms with E-state index >= 15 is 0 Å². The fourth-order valence-electron chi connectivity index (χ4n) is 0.986. The highest BCUT2D eigenvalue weighted by molar-refractivity contribution is 5.97. The highest BCUT2D eigenvalue weighted by atomic mass is 16.2. The van der Waals surface area contributed by atoms with Gasteiger partial charge in [-0.3, -0.25) is 4.79 Å². The first-order chi connectivity index (χ1) is 8.50. The Balaban J connectivity index is 0. The molecule has 0 aliphatic heterocycles. The molecule has 0 aromatic heterocycles. The summed E-state index contributed by atoms with van der Waals surface area (Å²) >= 11 is 0. The van der Waals surface area contributed by atoms with Crippen molar-refractivity contribution in [3.8, 4) is 0 Å². The largest absolute Gasteiger partial charge is 0.400 e. The van der Waals surface area contributed by atoms with Gasteiger partial charge in [0.2, 0.25) is 0 Å². The minimum Gasteiger partial charge on any atom is -0.400 e. The zero-order chi connectivity index (χ0) is 14.6. The van der Waals surface area contributed by atoms with Crippen LogP contribution in [0.5, 0.6) is 0 Å². The molecule has 1 rings (SSSR count). The van der Waals surface area contributed by atoms with E-state index in [0.717, 1.165) is 12.7 Å². The maximum atomic E-state index is 11.6. The topological polar surface area (TPSA) is 54.4 Å². The molecule has 0 unspecified atom stereocenters. The molecule has 0 amide bonds. The predicted octanol–water partition coefficient (Wildman–Crippen LogP) is 2.74. The predicted molar refractivity (Wildman–Crippen MR) is 75.2 cm³/mol. The Bertz CT molecular complexity index is 348. The molecule has 0 fully saturated rings. The number of aliphatic hydroxyl groups is 1. The highest BCUT2D eigenvalue weighted by Crippen LogP contribution is 2.15. The summed E-state index contributed by atoms with van der Waals surface area (Å²) in [6, 6.07) is 9.84. The quantitative estimate of drug-likeness (QED) is 0.821. The number of hydrogen-bond acceptors (Lipinski definition) is 3. The molecule has 1 aromatic carbocycles. The smallest absolute Gasteiger partial charge is 0.161 e. The summed E-state index contributed by atoms with van der Waals surface area (Å²) in [5.74, 6) is 0.154. The number of carbonyl (C=O) groups excluding carboxylic acids is 2. The minimum absolute atomic E-state index is 0.154. The number of rotatable bonds is 2. The van der Waals surface area contributed by atoms with E-state index < -0.39 is 0 Å². The Hall–Kier alpha value is -1.74. The molecule has 1 aromatic rings. The lowest BCUT2D eigenvalue weighted by atomic mass is 9.90. The minimum atomic E-state index is -0.286. The van der Waals surface area contributed by atoms with Crippen molar-refractivity contribution < 1.29 is 14.7 Å². The second-order valence-corrected chi connectivity index (χ2v) is 4.36. The third-order valence-corrected chi connectivity index (χ3v) is 1.97. The number of ketones is 1. The molecule has 0 saturated carbocycles. The molecule has 3 nitrogen and oxygen atoms in total. The van der Waals surface area contributed by atoms with E-state index in [-0.39, 0.29) is 11.2 Å². The van der Waals surface area contributed by atoms with Gasteiger partial charge in [0, 0.05) is 12.5 Å². The van der Waals surface area contributed by atoms with E-state index in [2.05, 4.69) is 0 Å². The molecule has 0 heterocycles. The van der Waals surface area contributed by atoms with Crippen LogP contribution in [-0.2, 0) is 9.59 Å². The van der Waals surface area contributed by atoms with Crippen LogP contribution in [0, 0.1) is 5.41 Å². The maximum absolute atomic E-state index is 11.6. The van der Waals surface area contributed by atoms with Gasteiger partial charge >= 0.3 is 0 Å². The first kappa shape index (κ1) is 18.6. The standard InChI is InChI=1S/C13H16O.CH4O.CH2O/c1-13(2,3)12(14)10-9-11-7-5-4-6-8-11;2*1-2/h4-10H,1-3H3;2H,1H3;1H2. The molecule has 0 aliphatic rings. The van der Waals surface area contributed by atoms with Crippen molar-refractivity contribution in [2.75, 3.05) is 7.11 Å². The van der Waals surface area contributed by atoms with Gasteiger partial charge in [0.1, 0.15) is 6.79 Å². The molecule has 3 heteroatoms. The molecule has 0 aliphatic carbocycles. The van der Waals surface area contributed by atoms with E-state index in [9.17, 15) is 4.79 Å². The van der Waals surface area contributed by atoms with Gasteiger partial charge in [-0.2, -0.15) is 0 Å². The van der Waals surface area contributed by atoms with Crippen LogP contribution in [0.1, 0.15) is 26.3 Å². The fourth-order valence-corrected chi connectivity index (χ4v) is 0.986. The summed E-state index contributed by atoms with van der Waals surface area (Å²) in [6.45, 7) is 7.76. The van der Waals surface area contributed by atoms with E-state index in [1.807, 2.05) is 64.0 Å². The molecule has 18 heavy (non-hydrogen) atoms. The van der Waals surface area contributed by atoms with Gasteiger partial charge in [0.25, 0.3) is 0 Å². The molecule has 0 radical (unpaired) electrons. The summed E-state index contributed by atoms with van der Waals surface area (Å²) in [4.78, 5) is 19.6. The van der Waals surface area contributed by atoms with Crippen molar-refractivity contribution in [1.82, 2.24) is 0 Å². The Kier molecular flexibility index (Phi) is 10.8. The Morgan fingerprint density at radius 2 is 1.56 bits per heavy atom. The average molecular weight is 250 g/mol. The normalized spacial score (nSPS) is 9.83. The monoisotopic (exact) mass is 250 g/mol. The molecule has 100 valence electrons. The van der Waals surface area contributed by atoms with Gasteiger partial charge in [0.05, 0.1) is 0 Å². The van der Waals surface area contributed by atoms with Crippen molar-refractivity contribution in [2.24, 2.45) is 5.41 Å². The second kappa shape index (κ2) is 10.4. The molecule has 0 atom stereocenters. The zero-order valence-corrected chi connectivity index (χ0v) is 11.5. The summed E-state index contributed by atoms with van der Waals surface area (Å²) in [5.41, 5.74) is 0.774. The van der Waals surface area contributed by atoms with Crippen molar-refractivity contribution in [2.45, 2.75) is 20.8 Å². The lowest BCUT2D eigenvalue weighted by molar-refractivity contribution is -0.121. The summed E-state index contributed by atoms with van der Waals surface area (Å²) in [7, 11) is 1.00. The zero-order valence-electron chi connectivity index (χ0n) is 11.5.